The number of nitrogen functional groups attached to an aromatic ring is 1. The van der Waals surface area contributed by atoms with Crippen molar-refractivity contribution in [1.82, 2.24) is 4.98 Å². The highest BCUT2D eigenvalue weighted by Crippen LogP contribution is 2.18. The van der Waals surface area contributed by atoms with Crippen molar-refractivity contribution in [2.24, 2.45) is 0 Å². The van der Waals surface area contributed by atoms with Crippen LogP contribution in [-0.4, -0.2) is 17.9 Å². The molecule has 0 saturated carbocycles. The lowest BCUT2D eigenvalue weighted by molar-refractivity contribution is 0.0987. The van der Waals surface area contributed by atoms with Crippen LogP contribution in [0, 0.1) is 5.82 Å². The largest absolute Gasteiger partial charge is 0.397 e. The Morgan fingerprint density at radius 2 is 2.00 bits per heavy atom. The van der Waals surface area contributed by atoms with Gasteiger partial charge in [0, 0.05) is 7.05 Å². The second-order valence-corrected chi connectivity index (χ2v) is 3.79. The fourth-order valence-corrected chi connectivity index (χ4v) is 1.54. The van der Waals surface area contributed by atoms with Gasteiger partial charge in [0.05, 0.1) is 17.6 Å². The molecule has 0 spiro atoms. The molecule has 0 bridgehead atoms. The van der Waals surface area contributed by atoms with E-state index in [0.717, 1.165) is 0 Å². The second-order valence-electron chi connectivity index (χ2n) is 3.79. The van der Waals surface area contributed by atoms with E-state index in [1.165, 1.54) is 36.3 Å². The maximum absolute atomic E-state index is 13.5. The van der Waals surface area contributed by atoms with E-state index < -0.39 is 5.82 Å². The third kappa shape index (κ3) is 2.29. The molecule has 18 heavy (non-hydrogen) atoms. The van der Waals surface area contributed by atoms with Crippen molar-refractivity contribution >= 4 is 17.3 Å². The molecule has 0 aliphatic rings. The van der Waals surface area contributed by atoms with Gasteiger partial charge in [0.2, 0.25) is 0 Å². The number of para-hydroxylation sites is 1. The molecule has 1 amide bonds. The number of hydrogen-bond acceptors (Lipinski definition) is 3. The van der Waals surface area contributed by atoms with Gasteiger partial charge in [0.1, 0.15) is 11.5 Å². The van der Waals surface area contributed by atoms with E-state index in [2.05, 4.69) is 4.98 Å². The van der Waals surface area contributed by atoms with Crippen molar-refractivity contribution in [2.45, 2.75) is 0 Å². The SMILES string of the molecule is CN(C(=O)c1ccc(N)cn1)c1ccccc1F. The predicted octanol–water partition coefficient (Wildman–Crippen LogP) is 2.08. The molecule has 0 radical (unpaired) electrons. The molecule has 0 unspecified atom stereocenters. The molecule has 92 valence electrons. The normalized spacial score (nSPS) is 10.1. The molecular weight excluding hydrogens is 233 g/mol. The number of carbonyl (C=O) groups excluding carboxylic acids is 1. The summed E-state index contributed by atoms with van der Waals surface area (Å²) in [7, 11) is 1.50. The van der Waals surface area contributed by atoms with Gasteiger partial charge in [-0.3, -0.25) is 4.79 Å². The molecule has 0 aliphatic carbocycles. The fourth-order valence-electron chi connectivity index (χ4n) is 1.54. The second kappa shape index (κ2) is 4.83. The van der Waals surface area contributed by atoms with E-state index in [0.29, 0.717) is 5.69 Å². The van der Waals surface area contributed by atoms with E-state index in [4.69, 9.17) is 5.73 Å². The third-order valence-corrected chi connectivity index (χ3v) is 2.52. The minimum absolute atomic E-state index is 0.209. The zero-order valence-corrected chi connectivity index (χ0v) is 9.80. The van der Waals surface area contributed by atoms with E-state index >= 15 is 0 Å². The van der Waals surface area contributed by atoms with Crippen LogP contribution in [-0.2, 0) is 0 Å². The van der Waals surface area contributed by atoms with Crippen LogP contribution in [0.25, 0.3) is 0 Å². The van der Waals surface area contributed by atoms with Gasteiger partial charge in [-0.15, -0.1) is 0 Å². The molecule has 1 aromatic heterocycles. The van der Waals surface area contributed by atoms with Gasteiger partial charge >= 0.3 is 0 Å². The summed E-state index contributed by atoms with van der Waals surface area (Å²) in [6, 6.07) is 9.15. The summed E-state index contributed by atoms with van der Waals surface area (Å²) < 4.78 is 13.5. The first-order chi connectivity index (χ1) is 8.59. The summed E-state index contributed by atoms with van der Waals surface area (Å²) in [4.78, 5) is 17.2. The minimum atomic E-state index is -0.455. The molecule has 1 heterocycles. The average molecular weight is 245 g/mol. The van der Waals surface area contributed by atoms with Gasteiger partial charge in [0.15, 0.2) is 0 Å². The fraction of sp³-hybridized carbons (Fsp3) is 0.0769. The standard InChI is InChI=1S/C13H12FN3O/c1-17(12-5-3-2-4-10(12)14)13(18)11-7-6-9(15)8-16-11/h2-8H,15H2,1H3. The van der Waals surface area contributed by atoms with Crippen LogP contribution in [0.1, 0.15) is 10.5 Å². The number of nitrogens with two attached hydrogens (primary N) is 1. The molecule has 0 aliphatic heterocycles. The molecule has 5 heteroatoms. The number of amides is 1. The zero-order chi connectivity index (χ0) is 13.1. The van der Waals surface area contributed by atoms with Crippen LogP contribution in [0.4, 0.5) is 15.8 Å². The number of benzene rings is 1. The van der Waals surface area contributed by atoms with Crippen molar-refractivity contribution in [1.29, 1.82) is 0 Å². The quantitative estimate of drug-likeness (QED) is 0.881. The predicted molar refractivity (Wildman–Crippen MR) is 67.8 cm³/mol. The van der Waals surface area contributed by atoms with Gasteiger partial charge in [-0.1, -0.05) is 12.1 Å². The number of aromatic nitrogens is 1. The number of carbonyl (C=O) groups is 1. The highest BCUT2D eigenvalue weighted by Gasteiger charge is 2.17. The van der Waals surface area contributed by atoms with Crippen LogP contribution in [0.15, 0.2) is 42.6 Å². The number of halogens is 1. The van der Waals surface area contributed by atoms with E-state index in [9.17, 15) is 9.18 Å². The Morgan fingerprint density at radius 1 is 1.28 bits per heavy atom. The molecule has 0 fully saturated rings. The number of nitrogens with zero attached hydrogens (tertiary/aromatic N) is 2. The first-order valence-corrected chi connectivity index (χ1v) is 5.33. The Bertz CT molecular complexity index is 569. The smallest absolute Gasteiger partial charge is 0.276 e. The van der Waals surface area contributed by atoms with Crippen molar-refractivity contribution in [3.8, 4) is 0 Å². The highest BCUT2D eigenvalue weighted by atomic mass is 19.1. The molecule has 4 nitrogen and oxygen atoms in total. The summed E-state index contributed by atoms with van der Waals surface area (Å²) in [6.45, 7) is 0. The zero-order valence-electron chi connectivity index (χ0n) is 9.80. The minimum Gasteiger partial charge on any atom is -0.397 e. The topological polar surface area (TPSA) is 59.2 Å². The van der Waals surface area contributed by atoms with Crippen LogP contribution >= 0.6 is 0 Å². The van der Waals surface area contributed by atoms with E-state index in [1.807, 2.05) is 0 Å². The Morgan fingerprint density at radius 3 is 2.61 bits per heavy atom. The van der Waals surface area contributed by atoms with E-state index in [-0.39, 0.29) is 17.3 Å². The average Bonchev–Trinajstić information content (AvgIpc) is 2.38. The highest BCUT2D eigenvalue weighted by molar-refractivity contribution is 6.04. The molecule has 2 N–H and O–H groups in total. The van der Waals surface area contributed by atoms with Crippen molar-refractivity contribution in [3.63, 3.8) is 0 Å². The lowest BCUT2D eigenvalue weighted by Gasteiger charge is -2.17. The van der Waals surface area contributed by atoms with Crippen LogP contribution in [0.5, 0.6) is 0 Å². The summed E-state index contributed by atoms with van der Waals surface area (Å²) in [5.74, 6) is -0.844. The lowest BCUT2D eigenvalue weighted by atomic mass is 10.2. The molecule has 1 aromatic carbocycles. The van der Waals surface area contributed by atoms with Crippen molar-refractivity contribution in [3.05, 3.63) is 54.1 Å². The van der Waals surface area contributed by atoms with Gasteiger partial charge in [-0.05, 0) is 24.3 Å². The number of rotatable bonds is 2. The Hall–Kier alpha value is -2.43. The van der Waals surface area contributed by atoms with Gasteiger partial charge < -0.3 is 10.6 Å². The Balaban J connectivity index is 2.29. The summed E-state index contributed by atoms with van der Waals surface area (Å²) >= 11 is 0. The number of anilines is 2. The molecule has 0 atom stereocenters. The van der Waals surface area contributed by atoms with Crippen LogP contribution < -0.4 is 10.6 Å². The van der Waals surface area contributed by atoms with Gasteiger partial charge in [0.25, 0.3) is 5.91 Å². The van der Waals surface area contributed by atoms with Crippen LogP contribution in [0.3, 0.4) is 0 Å². The molecular formula is C13H12FN3O. The Kier molecular flexibility index (Phi) is 3.23. The number of pyridine rings is 1. The molecule has 2 rings (SSSR count). The Labute approximate surface area is 104 Å². The summed E-state index contributed by atoms with van der Waals surface area (Å²) in [5.41, 5.74) is 6.39. The van der Waals surface area contributed by atoms with Gasteiger partial charge in [-0.25, -0.2) is 9.37 Å². The van der Waals surface area contributed by atoms with Gasteiger partial charge in [-0.2, -0.15) is 0 Å². The lowest BCUT2D eigenvalue weighted by Crippen LogP contribution is -2.27. The maximum Gasteiger partial charge on any atom is 0.276 e. The molecule has 0 saturated heterocycles. The first-order valence-electron chi connectivity index (χ1n) is 5.33. The van der Waals surface area contributed by atoms with Crippen molar-refractivity contribution in [2.75, 3.05) is 17.7 Å². The summed E-state index contributed by atoms with van der Waals surface area (Å²) in [6.07, 6.45) is 1.39. The molecule has 2 aromatic rings. The number of hydrogen-bond donors (Lipinski definition) is 1. The summed E-state index contributed by atoms with van der Waals surface area (Å²) in [5, 5.41) is 0. The first kappa shape index (κ1) is 12.0. The third-order valence-electron chi connectivity index (χ3n) is 2.52. The van der Waals surface area contributed by atoms with E-state index in [1.54, 1.807) is 18.2 Å². The van der Waals surface area contributed by atoms with Crippen molar-refractivity contribution < 1.29 is 9.18 Å². The van der Waals surface area contributed by atoms with Crippen LogP contribution in [0.2, 0.25) is 0 Å². The maximum atomic E-state index is 13.5. The monoisotopic (exact) mass is 245 g/mol.